The normalized spacial score (nSPS) is 17.1. The SMILES string of the molecule is COCCN(CC(=O)N1N=C(c2ccc(OC)cc2OC)C[C@H]1c1ccc(OC)cc1)C(=O)C1CCC1. The number of methoxy groups -OCH3 is 4. The molecule has 0 aromatic heterocycles. The van der Waals surface area contributed by atoms with Crippen LogP contribution >= 0.6 is 0 Å². The van der Waals surface area contributed by atoms with E-state index in [0.717, 1.165) is 41.9 Å². The maximum Gasteiger partial charge on any atom is 0.262 e. The highest BCUT2D eigenvalue weighted by Crippen LogP contribution is 2.37. The number of hydrogen-bond acceptors (Lipinski definition) is 7. The van der Waals surface area contributed by atoms with Crippen molar-refractivity contribution in [2.75, 3.05) is 48.1 Å². The second kappa shape index (κ2) is 12.1. The Hall–Kier alpha value is -3.59. The molecule has 1 heterocycles. The van der Waals surface area contributed by atoms with E-state index in [4.69, 9.17) is 24.0 Å². The molecule has 0 saturated heterocycles. The third-order valence-corrected chi connectivity index (χ3v) is 7.04. The van der Waals surface area contributed by atoms with Crippen LogP contribution in [0.3, 0.4) is 0 Å². The smallest absolute Gasteiger partial charge is 0.262 e. The Morgan fingerprint density at radius 3 is 2.27 bits per heavy atom. The zero-order valence-corrected chi connectivity index (χ0v) is 21.9. The number of rotatable bonds is 11. The van der Waals surface area contributed by atoms with E-state index >= 15 is 0 Å². The lowest BCUT2D eigenvalue weighted by atomic mass is 9.84. The predicted molar refractivity (Wildman–Crippen MR) is 139 cm³/mol. The van der Waals surface area contributed by atoms with Crippen LogP contribution in [0.1, 0.15) is 42.9 Å². The summed E-state index contributed by atoms with van der Waals surface area (Å²) >= 11 is 0. The molecule has 4 rings (SSSR count). The zero-order valence-electron chi connectivity index (χ0n) is 21.9. The van der Waals surface area contributed by atoms with Crippen LogP contribution in [-0.2, 0) is 14.3 Å². The fourth-order valence-electron chi connectivity index (χ4n) is 4.64. The van der Waals surface area contributed by atoms with Gasteiger partial charge >= 0.3 is 0 Å². The molecule has 0 bridgehead atoms. The van der Waals surface area contributed by atoms with Gasteiger partial charge in [-0.05, 0) is 42.7 Å². The van der Waals surface area contributed by atoms with Crippen molar-refractivity contribution in [1.82, 2.24) is 9.91 Å². The van der Waals surface area contributed by atoms with Crippen LogP contribution in [0.25, 0.3) is 0 Å². The van der Waals surface area contributed by atoms with Crippen LogP contribution in [0.4, 0.5) is 0 Å². The number of hydrogen-bond donors (Lipinski definition) is 0. The summed E-state index contributed by atoms with van der Waals surface area (Å²) in [6.45, 7) is 0.675. The molecule has 9 nitrogen and oxygen atoms in total. The lowest BCUT2D eigenvalue weighted by Crippen LogP contribution is -2.46. The van der Waals surface area contributed by atoms with E-state index in [0.29, 0.717) is 31.1 Å². The molecule has 2 aromatic carbocycles. The first kappa shape index (κ1) is 26.5. The molecule has 198 valence electrons. The quantitative estimate of drug-likeness (QED) is 0.459. The summed E-state index contributed by atoms with van der Waals surface area (Å²) in [7, 11) is 6.40. The molecule has 2 amide bonds. The largest absolute Gasteiger partial charge is 0.497 e. The molecule has 0 radical (unpaired) electrons. The van der Waals surface area contributed by atoms with Crippen LogP contribution in [0.5, 0.6) is 17.2 Å². The van der Waals surface area contributed by atoms with Crippen LogP contribution < -0.4 is 14.2 Å². The minimum atomic E-state index is -0.330. The fraction of sp³-hybridized carbons (Fsp3) is 0.464. The molecule has 37 heavy (non-hydrogen) atoms. The zero-order chi connectivity index (χ0) is 26.4. The number of carbonyl (C=O) groups excluding carboxylic acids is 2. The average molecular weight is 510 g/mol. The fourth-order valence-corrected chi connectivity index (χ4v) is 4.64. The van der Waals surface area contributed by atoms with Crippen molar-refractivity contribution in [3.63, 3.8) is 0 Å². The molecule has 1 aliphatic carbocycles. The molecule has 9 heteroatoms. The van der Waals surface area contributed by atoms with Crippen molar-refractivity contribution in [2.45, 2.75) is 31.7 Å². The van der Waals surface area contributed by atoms with Crippen molar-refractivity contribution < 1.29 is 28.5 Å². The van der Waals surface area contributed by atoms with Gasteiger partial charge in [0.1, 0.15) is 23.8 Å². The van der Waals surface area contributed by atoms with Crippen molar-refractivity contribution in [3.05, 3.63) is 53.6 Å². The topological polar surface area (TPSA) is 89.9 Å². The number of nitrogens with zero attached hydrogens (tertiary/aromatic N) is 3. The molecule has 1 atom stereocenters. The van der Waals surface area contributed by atoms with E-state index < -0.39 is 0 Å². The molecule has 1 fully saturated rings. The van der Waals surface area contributed by atoms with E-state index in [2.05, 4.69) is 0 Å². The summed E-state index contributed by atoms with van der Waals surface area (Å²) in [5, 5.41) is 6.28. The van der Waals surface area contributed by atoms with E-state index in [9.17, 15) is 9.59 Å². The van der Waals surface area contributed by atoms with Gasteiger partial charge < -0.3 is 23.8 Å². The Bertz CT molecular complexity index is 1130. The van der Waals surface area contributed by atoms with Gasteiger partial charge in [0.05, 0.1) is 39.7 Å². The summed E-state index contributed by atoms with van der Waals surface area (Å²) in [6.07, 6.45) is 3.28. The van der Waals surface area contributed by atoms with Gasteiger partial charge in [0.2, 0.25) is 5.91 Å². The summed E-state index contributed by atoms with van der Waals surface area (Å²) < 4.78 is 21.5. The molecular weight excluding hydrogens is 474 g/mol. The lowest BCUT2D eigenvalue weighted by Gasteiger charge is -2.32. The Labute approximate surface area is 217 Å². The van der Waals surface area contributed by atoms with Crippen LogP contribution in [-0.4, -0.2) is 75.6 Å². The predicted octanol–water partition coefficient (Wildman–Crippen LogP) is 3.67. The second-order valence-corrected chi connectivity index (χ2v) is 9.22. The van der Waals surface area contributed by atoms with Gasteiger partial charge in [-0.3, -0.25) is 9.59 Å². The Balaban J connectivity index is 1.64. The number of benzene rings is 2. The third kappa shape index (κ3) is 5.88. The molecule has 0 spiro atoms. The molecule has 0 N–H and O–H groups in total. The first-order chi connectivity index (χ1) is 18.0. The highest BCUT2D eigenvalue weighted by molar-refractivity contribution is 6.05. The third-order valence-electron chi connectivity index (χ3n) is 7.04. The van der Waals surface area contributed by atoms with Gasteiger partial charge in [0.25, 0.3) is 5.91 Å². The van der Waals surface area contributed by atoms with Gasteiger partial charge in [-0.15, -0.1) is 0 Å². The molecule has 2 aromatic rings. The van der Waals surface area contributed by atoms with Gasteiger partial charge in [-0.2, -0.15) is 5.10 Å². The van der Waals surface area contributed by atoms with Crippen molar-refractivity contribution in [3.8, 4) is 17.2 Å². The minimum Gasteiger partial charge on any atom is -0.497 e. The standard InChI is InChI=1S/C28H35N3O6/c1-34-15-14-30(28(33)20-6-5-7-20)18-27(32)31-25(19-8-10-21(35-2)11-9-19)17-24(29-31)23-13-12-22(36-3)16-26(23)37-4/h8-13,16,20,25H,5-7,14-15,17-18H2,1-4H3/t25-/m0/s1. The van der Waals surface area contributed by atoms with E-state index in [-0.39, 0.29) is 30.3 Å². The van der Waals surface area contributed by atoms with E-state index in [1.807, 2.05) is 36.4 Å². The summed E-state index contributed by atoms with van der Waals surface area (Å²) in [4.78, 5) is 28.4. The molecular formula is C28H35N3O6. The van der Waals surface area contributed by atoms with Crippen LogP contribution in [0.2, 0.25) is 0 Å². The number of hydrazone groups is 1. The van der Waals surface area contributed by atoms with Gasteiger partial charge in [0, 0.05) is 37.6 Å². The number of amides is 2. The maximum atomic E-state index is 13.7. The number of carbonyl (C=O) groups is 2. The van der Waals surface area contributed by atoms with Gasteiger partial charge in [-0.1, -0.05) is 18.6 Å². The molecule has 1 saturated carbocycles. The summed E-state index contributed by atoms with van der Waals surface area (Å²) in [5.41, 5.74) is 2.44. The highest BCUT2D eigenvalue weighted by Gasteiger charge is 2.37. The van der Waals surface area contributed by atoms with Crippen molar-refractivity contribution in [2.24, 2.45) is 11.0 Å². The monoisotopic (exact) mass is 509 g/mol. The average Bonchev–Trinajstić information content (AvgIpc) is 3.35. The van der Waals surface area contributed by atoms with E-state index in [1.54, 1.807) is 39.4 Å². The van der Waals surface area contributed by atoms with Gasteiger partial charge in [0.15, 0.2) is 0 Å². The number of ether oxygens (including phenoxy) is 4. The first-order valence-corrected chi connectivity index (χ1v) is 12.5. The summed E-state index contributed by atoms with van der Waals surface area (Å²) in [5.74, 6) is 1.77. The Kier molecular flexibility index (Phi) is 8.66. The summed E-state index contributed by atoms with van der Waals surface area (Å²) in [6, 6.07) is 12.8. The minimum absolute atomic E-state index is 0.0109. The lowest BCUT2D eigenvalue weighted by molar-refractivity contribution is -0.146. The second-order valence-electron chi connectivity index (χ2n) is 9.22. The van der Waals surface area contributed by atoms with E-state index in [1.165, 1.54) is 5.01 Å². The molecule has 2 aliphatic rings. The van der Waals surface area contributed by atoms with Gasteiger partial charge in [-0.25, -0.2) is 5.01 Å². The Morgan fingerprint density at radius 2 is 1.68 bits per heavy atom. The Morgan fingerprint density at radius 1 is 0.973 bits per heavy atom. The van der Waals surface area contributed by atoms with Crippen LogP contribution in [0, 0.1) is 5.92 Å². The van der Waals surface area contributed by atoms with Crippen LogP contribution in [0.15, 0.2) is 47.6 Å². The molecule has 0 unspecified atom stereocenters. The van der Waals surface area contributed by atoms with Crippen molar-refractivity contribution in [1.29, 1.82) is 0 Å². The van der Waals surface area contributed by atoms with Crippen molar-refractivity contribution >= 4 is 17.5 Å². The highest BCUT2D eigenvalue weighted by atomic mass is 16.5. The maximum absolute atomic E-state index is 13.7. The molecule has 1 aliphatic heterocycles. The first-order valence-electron chi connectivity index (χ1n) is 12.5.